The highest BCUT2D eigenvalue weighted by Gasteiger charge is 2.26. The summed E-state index contributed by atoms with van der Waals surface area (Å²) in [7, 11) is -2.93. The summed E-state index contributed by atoms with van der Waals surface area (Å²) >= 11 is 0. The second kappa shape index (κ2) is 5.57. The molecule has 2 N–H and O–H groups in total. The normalized spacial score (nSPS) is 21.7. The van der Waals surface area contributed by atoms with Gasteiger partial charge in [-0.05, 0) is 11.8 Å². The molecule has 106 valence electrons. The lowest BCUT2D eigenvalue weighted by molar-refractivity contribution is -0.131. The Morgan fingerprint density at radius 3 is 2.22 bits per heavy atom. The summed E-state index contributed by atoms with van der Waals surface area (Å²) in [5.41, 5.74) is 6.06. The zero-order valence-electron chi connectivity index (χ0n) is 11.5. The van der Waals surface area contributed by atoms with Crippen LogP contribution in [-0.4, -0.2) is 49.9 Å². The second-order valence-corrected chi connectivity index (χ2v) is 8.57. The van der Waals surface area contributed by atoms with E-state index in [0.717, 1.165) is 6.42 Å². The van der Waals surface area contributed by atoms with E-state index in [9.17, 15) is 13.2 Å². The molecule has 5 nitrogen and oxygen atoms in total. The Kier molecular flexibility index (Phi) is 4.78. The molecule has 1 amide bonds. The molecule has 0 radical (unpaired) electrons. The molecule has 0 aromatic carbocycles. The van der Waals surface area contributed by atoms with Gasteiger partial charge in [-0.25, -0.2) is 8.42 Å². The summed E-state index contributed by atoms with van der Waals surface area (Å²) in [6, 6.07) is -0.156. The Morgan fingerprint density at radius 1 is 1.28 bits per heavy atom. The van der Waals surface area contributed by atoms with Crippen LogP contribution in [0.1, 0.15) is 33.6 Å². The molecule has 1 heterocycles. The van der Waals surface area contributed by atoms with Gasteiger partial charge in [-0.15, -0.1) is 0 Å². The van der Waals surface area contributed by atoms with E-state index in [4.69, 9.17) is 5.73 Å². The van der Waals surface area contributed by atoms with Gasteiger partial charge in [0.25, 0.3) is 0 Å². The smallest absolute Gasteiger partial charge is 0.224 e. The fraction of sp³-hybridized carbons (Fsp3) is 0.917. The first-order valence-corrected chi connectivity index (χ1v) is 8.15. The maximum atomic E-state index is 12.0. The SMILES string of the molecule is CC(C)(C)CC(N)CC(=O)N1CCS(=O)(=O)CC1. The van der Waals surface area contributed by atoms with Crippen LogP contribution in [-0.2, 0) is 14.6 Å². The van der Waals surface area contributed by atoms with Crippen molar-refractivity contribution in [3.63, 3.8) is 0 Å². The van der Waals surface area contributed by atoms with E-state index in [1.54, 1.807) is 4.90 Å². The summed E-state index contributed by atoms with van der Waals surface area (Å²) in [6.45, 7) is 6.88. The van der Waals surface area contributed by atoms with Crippen LogP contribution >= 0.6 is 0 Å². The molecule has 1 unspecified atom stereocenters. The lowest BCUT2D eigenvalue weighted by Gasteiger charge is -2.29. The molecule has 1 rings (SSSR count). The molecule has 1 atom stereocenters. The van der Waals surface area contributed by atoms with E-state index in [2.05, 4.69) is 20.8 Å². The Balaban J connectivity index is 2.42. The van der Waals surface area contributed by atoms with Crippen LogP contribution < -0.4 is 5.73 Å². The van der Waals surface area contributed by atoms with Gasteiger partial charge >= 0.3 is 0 Å². The summed E-state index contributed by atoms with van der Waals surface area (Å²) in [5, 5.41) is 0. The van der Waals surface area contributed by atoms with Crippen LogP contribution in [0.25, 0.3) is 0 Å². The van der Waals surface area contributed by atoms with Crippen LogP contribution in [0, 0.1) is 5.41 Å². The largest absolute Gasteiger partial charge is 0.341 e. The highest BCUT2D eigenvalue weighted by atomic mass is 32.2. The molecule has 0 saturated carbocycles. The average molecular weight is 276 g/mol. The summed E-state index contributed by atoms with van der Waals surface area (Å²) in [6.07, 6.45) is 1.09. The fourth-order valence-electron chi connectivity index (χ4n) is 2.17. The Hall–Kier alpha value is -0.620. The Morgan fingerprint density at radius 2 is 1.78 bits per heavy atom. The third kappa shape index (κ3) is 5.35. The summed E-state index contributed by atoms with van der Waals surface area (Å²) < 4.78 is 22.5. The summed E-state index contributed by atoms with van der Waals surface area (Å²) in [4.78, 5) is 13.6. The maximum Gasteiger partial charge on any atom is 0.224 e. The van der Waals surface area contributed by atoms with Crippen molar-refractivity contribution in [1.82, 2.24) is 4.90 Å². The third-order valence-corrected chi connectivity index (χ3v) is 4.62. The predicted molar refractivity (Wildman–Crippen MR) is 71.9 cm³/mol. The zero-order chi connectivity index (χ0) is 14.0. The number of amides is 1. The van der Waals surface area contributed by atoms with Gasteiger partial charge in [0.05, 0.1) is 11.5 Å². The van der Waals surface area contributed by atoms with Gasteiger partial charge in [0, 0.05) is 25.6 Å². The molecule has 0 aromatic heterocycles. The first-order chi connectivity index (χ1) is 8.09. The quantitative estimate of drug-likeness (QED) is 0.809. The van der Waals surface area contributed by atoms with Crippen molar-refractivity contribution in [3.05, 3.63) is 0 Å². The molecule has 6 heteroatoms. The van der Waals surface area contributed by atoms with Gasteiger partial charge in [0.2, 0.25) is 5.91 Å². The van der Waals surface area contributed by atoms with Crippen molar-refractivity contribution >= 4 is 15.7 Å². The number of hydrogen-bond donors (Lipinski definition) is 1. The molecule has 18 heavy (non-hydrogen) atoms. The van der Waals surface area contributed by atoms with E-state index in [1.165, 1.54) is 0 Å². The number of nitrogens with two attached hydrogens (primary N) is 1. The molecule has 1 aliphatic heterocycles. The van der Waals surface area contributed by atoms with E-state index < -0.39 is 9.84 Å². The number of rotatable bonds is 3. The van der Waals surface area contributed by atoms with E-state index >= 15 is 0 Å². The molecule has 0 bridgehead atoms. The lowest BCUT2D eigenvalue weighted by atomic mass is 9.87. The molecule has 1 aliphatic rings. The van der Waals surface area contributed by atoms with Crippen LogP contribution in [0.15, 0.2) is 0 Å². The van der Waals surface area contributed by atoms with E-state index in [-0.39, 0.29) is 28.9 Å². The van der Waals surface area contributed by atoms with Crippen LogP contribution in [0.5, 0.6) is 0 Å². The third-order valence-electron chi connectivity index (χ3n) is 3.01. The van der Waals surface area contributed by atoms with Gasteiger partial charge in [-0.3, -0.25) is 4.79 Å². The average Bonchev–Trinajstić information content (AvgIpc) is 2.13. The van der Waals surface area contributed by atoms with Gasteiger partial charge in [0.15, 0.2) is 9.84 Å². The molecule has 0 spiro atoms. The molecule has 0 aliphatic carbocycles. The number of hydrogen-bond acceptors (Lipinski definition) is 4. The van der Waals surface area contributed by atoms with E-state index in [0.29, 0.717) is 19.5 Å². The minimum atomic E-state index is -2.93. The number of carbonyl (C=O) groups excluding carboxylic acids is 1. The molecule has 1 saturated heterocycles. The monoisotopic (exact) mass is 276 g/mol. The Labute approximate surface area is 110 Å². The Bertz CT molecular complexity index is 384. The van der Waals surface area contributed by atoms with E-state index in [1.807, 2.05) is 0 Å². The zero-order valence-corrected chi connectivity index (χ0v) is 12.3. The van der Waals surface area contributed by atoms with Crippen LogP contribution in [0.3, 0.4) is 0 Å². The summed E-state index contributed by atoms with van der Waals surface area (Å²) in [5.74, 6) is 0.127. The van der Waals surface area contributed by atoms with Crippen molar-refractivity contribution in [3.8, 4) is 0 Å². The number of sulfone groups is 1. The first kappa shape index (κ1) is 15.4. The molecule has 0 aromatic rings. The van der Waals surface area contributed by atoms with Gasteiger partial charge in [0.1, 0.15) is 0 Å². The van der Waals surface area contributed by atoms with Crippen LogP contribution in [0.2, 0.25) is 0 Å². The van der Waals surface area contributed by atoms with Gasteiger partial charge in [-0.1, -0.05) is 20.8 Å². The minimum Gasteiger partial charge on any atom is -0.341 e. The molecular weight excluding hydrogens is 252 g/mol. The second-order valence-electron chi connectivity index (χ2n) is 6.26. The van der Waals surface area contributed by atoms with Crippen molar-refractivity contribution in [2.75, 3.05) is 24.6 Å². The van der Waals surface area contributed by atoms with Gasteiger partial charge < -0.3 is 10.6 Å². The van der Waals surface area contributed by atoms with Gasteiger partial charge in [-0.2, -0.15) is 0 Å². The first-order valence-electron chi connectivity index (χ1n) is 6.33. The van der Waals surface area contributed by atoms with Crippen molar-refractivity contribution in [2.45, 2.75) is 39.7 Å². The van der Waals surface area contributed by atoms with Crippen LogP contribution in [0.4, 0.5) is 0 Å². The molecule has 1 fully saturated rings. The highest BCUT2D eigenvalue weighted by molar-refractivity contribution is 7.91. The molecular formula is C12H24N2O3S. The number of nitrogens with zero attached hydrogens (tertiary/aromatic N) is 1. The highest BCUT2D eigenvalue weighted by Crippen LogP contribution is 2.21. The van der Waals surface area contributed by atoms with Crippen molar-refractivity contribution < 1.29 is 13.2 Å². The predicted octanol–water partition coefficient (Wildman–Crippen LogP) is 0.397. The van der Waals surface area contributed by atoms with Crippen molar-refractivity contribution in [2.24, 2.45) is 11.1 Å². The fourth-order valence-corrected chi connectivity index (χ4v) is 3.38. The standard InChI is InChI=1S/C12H24N2O3S/c1-12(2,3)9-10(13)8-11(15)14-4-6-18(16,17)7-5-14/h10H,4-9,13H2,1-3H3. The van der Waals surface area contributed by atoms with Crippen molar-refractivity contribution in [1.29, 1.82) is 0 Å². The lowest BCUT2D eigenvalue weighted by Crippen LogP contribution is -2.45. The maximum absolute atomic E-state index is 12.0. The topological polar surface area (TPSA) is 80.5 Å². The number of carbonyl (C=O) groups is 1. The minimum absolute atomic E-state index is 0.0262.